The Bertz CT molecular complexity index is 698. The highest BCUT2D eigenvalue weighted by Crippen LogP contribution is 2.40. The Morgan fingerprint density at radius 3 is 2.75 bits per heavy atom. The molecule has 1 aliphatic rings. The van der Waals surface area contributed by atoms with Gasteiger partial charge in [-0.15, -0.1) is 22.0 Å². The number of hydrogen-bond acceptors (Lipinski definition) is 5. The predicted octanol–water partition coefficient (Wildman–Crippen LogP) is 4.35. The van der Waals surface area contributed by atoms with E-state index in [0.717, 1.165) is 53.2 Å². The van der Waals surface area contributed by atoms with Crippen LogP contribution in [0.25, 0.3) is 0 Å². The lowest BCUT2D eigenvalue weighted by atomic mass is 10.1. The molecule has 0 N–H and O–H groups in total. The zero-order valence-corrected chi connectivity index (χ0v) is 16.2. The Morgan fingerprint density at radius 2 is 2.12 bits per heavy atom. The molecule has 1 unspecified atom stereocenters. The summed E-state index contributed by atoms with van der Waals surface area (Å²) in [5.74, 6) is 1.43. The van der Waals surface area contributed by atoms with Gasteiger partial charge in [0, 0.05) is 18.7 Å². The summed E-state index contributed by atoms with van der Waals surface area (Å²) in [6.07, 6.45) is 4.20. The SMILES string of the molecule is CSc1ccc(N2CCCC2c2c(C)nn(CC(C)C)c2Cl)nn1. The molecule has 0 aliphatic carbocycles. The largest absolute Gasteiger partial charge is 0.348 e. The van der Waals surface area contributed by atoms with Crippen molar-refractivity contribution in [3.8, 4) is 0 Å². The molecule has 0 spiro atoms. The number of hydrogen-bond donors (Lipinski definition) is 0. The highest BCUT2D eigenvalue weighted by molar-refractivity contribution is 7.98. The summed E-state index contributed by atoms with van der Waals surface area (Å²) in [6.45, 7) is 8.23. The van der Waals surface area contributed by atoms with Crippen LogP contribution in [-0.2, 0) is 6.54 Å². The van der Waals surface area contributed by atoms with Crippen LogP contribution in [0.3, 0.4) is 0 Å². The number of nitrogens with zero attached hydrogens (tertiary/aromatic N) is 5. The van der Waals surface area contributed by atoms with E-state index >= 15 is 0 Å². The van der Waals surface area contributed by atoms with E-state index < -0.39 is 0 Å². The van der Waals surface area contributed by atoms with Crippen LogP contribution in [0.2, 0.25) is 5.15 Å². The topological polar surface area (TPSA) is 46.8 Å². The van der Waals surface area contributed by atoms with Gasteiger partial charge in [-0.05, 0) is 44.1 Å². The van der Waals surface area contributed by atoms with Crippen LogP contribution >= 0.6 is 23.4 Å². The van der Waals surface area contributed by atoms with Crippen molar-refractivity contribution in [3.05, 3.63) is 28.5 Å². The van der Waals surface area contributed by atoms with Crippen molar-refractivity contribution in [2.45, 2.75) is 51.2 Å². The molecular formula is C17H24ClN5S. The Kier molecular flexibility index (Phi) is 5.35. The van der Waals surface area contributed by atoms with Crippen LogP contribution in [0.15, 0.2) is 17.2 Å². The van der Waals surface area contributed by atoms with Crippen molar-refractivity contribution >= 4 is 29.2 Å². The fourth-order valence-electron chi connectivity index (χ4n) is 3.33. The van der Waals surface area contributed by atoms with Crippen molar-refractivity contribution in [1.29, 1.82) is 0 Å². The zero-order valence-electron chi connectivity index (χ0n) is 14.7. The molecule has 2 aromatic rings. The van der Waals surface area contributed by atoms with Crippen molar-refractivity contribution in [3.63, 3.8) is 0 Å². The van der Waals surface area contributed by atoms with Crippen LogP contribution < -0.4 is 4.90 Å². The van der Waals surface area contributed by atoms with Gasteiger partial charge in [0.25, 0.3) is 0 Å². The quantitative estimate of drug-likeness (QED) is 0.737. The summed E-state index contributed by atoms with van der Waals surface area (Å²) >= 11 is 8.29. The number of aryl methyl sites for hydroxylation is 1. The van der Waals surface area contributed by atoms with E-state index in [1.807, 2.05) is 17.0 Å². The number of halogens is 1. The van der Waals surface area contributed by atoms with E-state index in [0.29, 0.717) is 5.92 Å². The average molecular weight is 366 g/mol. The maximum atomic E-state index is 6.69. The Labute approximate surface area is 152 Å². The molecule has 24 heavy (non-hydrogen) atoms. The van der Waals surface area contributed by atoms with E-state index in [4.69, 9.17) is 11.6 Å². The summed E-state index contributed by atoms with van der Waals surface area (Å²) in [6, 6.07) is 4.31. The van der Waals surface area contributed by atoms with Gasteiger partial charge in [0.2, 0.25) is 0 Å². The third-order valence-electron chi connectivity index (χ3n) is 4.36. The van der Waals surface area contributed by atoms with Gasteiger partial charge in [-0.2, -0.15) is 5.10 Å². The van der Waals surface area contributed by atoms with Crippen molar-refractivity contribution in [2.75, 3.05) is 17.7 Å². The number of anilines is 1. The smallest absolute Gasteiger partial charge is 0.151 e. The second kappa shape index (κ2) is 7.31. The summed E-state index contributed by atoms with van der Waals surface area (Å²) in [5.41, 5.74) is 2.16. The molecule has 0 saturated carbocycles. The summed E-state index contributed by atoms with van der Waals surface area (Å²) in [4.78, 5) is 2.31. The van der Waals surface area contributed by atoms with E-state index in [-0.39, 0.29) is 6.04 Å². The maximum Gasteiger partial charge on any atom is 0.151 e. The molecule has 1 atom stereocenters. The lowest BCUT2D eigenvalue weighted by Gasteiger charge is -2.25. The first kappa shape index (κ1) is 17.5. The Morgan fingerprint density at radius 1 is 1.33 bits per heavy atom. The van der Waals surface area contributed by atoms with E-state index in [1.54, 1.807) is 11.8 Å². The van der Waals surface area contributed by atoms with Gasteiger partial charge in [-0.3, -0.25) is 4.68 Å². The first-order chi connectivity index (χ1) is 11.5. The van der Waals surface area contributed by atoms with Gasteiger partial charge in [-0.1, -0.05) is 25.4 Å². The third kappa shape index (κ3) is 3.40. The molecule has 0 bridgehead atoms. The van der Waals surface area contributed by atoms with Gasteiger partial charge in [0.1, 0.15) is 10.2 Å². The molecule has 0 aromatic carbocycles. The second-order valence-corrected chi connectivity index (χ2v) is 7.84. The summed E-state index contributed by atoms with van der Waals surface area (Å²) < 4.78 is 1.94. The summed E-state index contributed by atoms with van der Waals surface area (Å²) in [7, 11) is 0. The second-order valence-electron chi connectivity index (χ2n) is 6.65. The molecule has 1 fully saturated rings. The van der Waals surface area contributed by atoms with E-state index in [2.05, 4.69) is 47.0 Å². The van der Waals surface area contributed by atoms with Crippen LogP contribution in [0.4, 0.5) is 5.82 Å². The minimum Gasteiger partial charge on any atom is -0.348 e. The van der Waals surface area contributed by atoms with Crippen molar-refractivity contribution < 1.29 is 0 Å². The number of rotatable bonds is 5. The van der Waals surface area contributed by atoms with Crippen molar-refractivity contribution in [2.24, 2.45) is 5.92 Å². The third-order valence-corrected chi connectivity index (χ3v) is 5.40. The molecule has 3 heterocycles. The molecule has 1 saturated heterocycles. The zero-order chi connectivity index (χ0) is 17.3. The minimum absolute atomic E-state index is 0.229. The highest BCUT2D eigenvalue weighted by Gasteiger charge is 2.32. The number of thioether (sulfide) groups is 1. The molecule has 2 aromatic heterocycles. The van der Waals surface area contributed by atoms with Crippen LogP contribution in [0, 0.1) is 12.8 Å². The van der Waals surface area contributed by atoms with Gasteiger partial charge in [0.05, 0.1) is 11.7 Å². The fraction of sp³-hybridized carbons (Fsp3) is 0.588. The monoisotopic (exact) mass is 365 g/mol. The van der Waals surface area contributed by atoms with Crippen LogP contribution in [0.1, 0.15) is 44.0 Å². The predicted molar refractivity (Wildman–Crippen MR) is 99.9 cm³/mol. The lowest BCUT2D eigenvalue weighted by Crippen LogP contribution is -2.24. The highest BCUT2D eigenvalue weighted by atomic mass is 35.5. The first-order valence-electron chi connectivity index (χ1n) is 8.38. The van der Waals surface area contributed by atoms with Gasteiger partial charge in [0.15, 0.2) is 5.82 Å². The molecule has 1 aliphatic heterocycles. The molecule has 5 nitrogen and oxygen atoms in total. The standard InChI is InChI=1S/C17H24ClN5S/c1-11(2)10-23-17(18)16(12(3)21-23)13-6-5-9-22(13)14-7-8-15(24-4)20-19-14/h7-8,11,13H,5-6,9-10H2,1-4H3. The van der Waals surface area contributed by atoms with E-state index in [1.165, 1.54) is 0 Å². The van der Waals surface area contributed by atoms with Gasteiger partial charge < -0.3 is 4.90 Å². The fourth-order valence-corrected chi connectivity index (χ4v) is 4.02. The number of aromatic nitrogens is 4. The van der Waals surface area contributed by atoms with Crippen LogP contribution in [0.5, 0.6) is 0 Å². The van der Waals surface area contributed by atoms with Gasteiger partial charge in [-0.25, -0.2) is 0 Å². The molecular weight excluding hydrogens is 342 g/mol. The molecule has 3 rings (SSSR count). The summed E-state index contributed by atoms with van der Waals surface area (Å²) in [5, 5.41) is 15.1. The lowest BCUT2D eigenvalue weighted by molar-refractivity contribution is 0.481. The molecule has 7 heteroatoms. The Balaban J connectivity index is 1.91. The van der Waals surface area contributed by atoms with Gasteiger partial charge >= 0.3 is 0 Å². The first-order valence-corrected chi connectivity index (χ1v) is 9.98. The molecule has 0 amide bonds. The van der Waals surface area contributed by atoms with Crippen LogP contribution in [-0.4, -0.2) is 32.8 Å². The molecule has 0 radical (unpaired) electrons. The van der Waals surface area contributed by atoms with Crippen molar-refractivity contribution in [1.82, 2.24) is 20.0 Å². The average Bonchev–Trinajstić information content (AvgIpc) is 3.12. The minimum atomic E-state index is 0.229. The van der Waals surface area contributed by atoms with E-state index in [9.17, 15) is 0 Å². The Hall–Kier alpha value is -1.27. The normalized spacial score (nSPS) is 17.9. The maximum absolute atomic E-state index is 6.69. The molecule has 130 valence electrons.